The van der Waals surface area contributed by atoms with E-state index in [-0.39, 0.29) is 5.43 Å². The summed E-state index contributed by atoms with van der Waals surface area (Å²) in [7, 11) is 0. The highest BCUT2D eigenvalue weighted by atomic mass is 79.9. The average Bonchev–Trinajstić information content (AvgIpc) is 2.53. The van der Waals surface area contributed by atoms with E-state index in [1.54, 1.807) is 13.1 Å². The van der Waals surface area contributed by atoms with E-state index < -0.39 is 0 Å². The summed E-state index contributed by atoms with van der Waals surface area (Å²) < 4.78 is 0.927. The van der Waals surface area contributed by atoms with Crippen molar-refractivity contribution < 1.29 is 0 Å². The first-order valence-corrected chi connectivity index (χ1v) is 7.90. The van der Waals surface area contributed by atoms with Gasteiger partial charge in [0.2, 0.25) is 0 Å². The van der Waals surface area contributed by atoms with Gasteiger partial charge in [-0.2, -0.15) is 0 Å². The number of hydrogen-bond donors (Lipinski definition) is 2. The lowest BCUT2D eigenvalue weighted by Gasteiger charge is -1.99. The smallest absolute Gasteiger partial charge is 0.192 e. The molecule has 3 N–H and O–H groups in total. The van der Waals surface area contributed by atoms with Crippen molar-refractivity contribution in [1.29, 1.82) is 0 Å². The van der Waals surface area contributed by atoms with Gasteiger partial charge in [-0.1, -0.05) is 39.7 Å². The van der Waals surface area contributed by atoms with Gasteiger partial charge >= 0.3 is 0 Å². The van der Waals surface area contributed by atoms with E-state index in [1.165, 1.54) is 0 Å². The maximum Gasteiger partial charge on any atom is 0.192 e. The van der Waals surface area contributed by atoms with E-state index in [0.717, 1.165) is 31.5 Å². The number of rotatable bonds is 1. The van der Waals surface area contributed by atoms with Crippen molar-refractivity contribution in [2.75, 3.05) is 0 Å². The maximum absolute atomic E-state index is 11.6. The minimum atomic E-state index is 0.0926. The molecule has 0 saturated heterocycles. The molecule has 0 saturated carbocycles. The summed E-state index contributed by atoms with van der Waals surface area (Å²) in [6.07, 6.45) is 1.73. The van der Waals surface area contributed by atoms with Gasteiger partial charge in [-0.15, -0.1) is 0 Å². The number of nitrogens with one attached hydrogen (secondary N) is 1. The van der Waals surface area contributed by atoms with Crippen molar-refractivity contribution in [2.45, 2.75) is 13.5 Å². The van der Waals surface area contributed by atoms with E-state index in [4.69, 9.17) is 17.3 Å². The molecular formula is C17H16BrClN2O. The topological polar surface area (TPSA) is 58.9 Å². The summed E-state index contributed by atoms with van der Waals surface area (Å²) >= 11 is 8.97. The Morgan fingerprint density at radius 2 is 1.86 bits per heavy atom. The lowest BCUT2D eigenvalue weighted by Crippen LogP contribution is -2.05. The molecule has 1 aromatic heterocycles. The van der Waals surface area contributed by atoms with E-state index in [9.17, 15) is 4.79 Å². The van der Waals surface area contributed by atoms with Crippen LogP contribution in [0.3, 0.4) is 0 Å². The second-order valence-electron chi connectivity index (χ2n) is 4.82. The van der Waals surface area contributed by atoms with Crippen molar-refractivity contribution in [3.8, 4) is 0 Å². The van der Waals surface area contributed by atoms with Gasteiger partial charge in [0.15, 0.2) is 5.43 Å². The number of nitrogens with two attached hydrogens (primary N) is 1. The normalized spacial score (nSPS) is 10.2. The predicted octanol–water partition coefficient (Wildman–Crippen LogP) is 4.40. The molecular weight excluding hydrogens is 364 g/mol. The van der Waals surface area contributed by atoms with Gasteiger partial charge in [0.25, 0.3) is 0 Å². The van der Waals surface area contributed by atoms with Crippen LogP contribution in [0.5, 0.6) is 0 Å². The molecule has 22 heavy (non-hydrogen) atoms. The fourth-order valence-electron chi connectivity index (χ4n) is 1.91. The number of aryl methyl sites for hydroxylation is 1. The Balaban J connectivity index is 0.000000172. The summed E-state index contributed by atoms with van der Waals surface area (Å²) in [5, 5.41) is 1.49. The first kappa shape index (κ1) is 16.7. The summed E-state index contributed by atoms with van der Waals surface area (Å²) in [6, 6.07) is 13.1. The standard InChI is InChI=1S/C10H8BrNO.C7H8ClN/c1-6-5-12-9-3-2-7(11)4-8(9)10(6)13;8-7-3-1-6(5-9)2-4-7/h2-5H,1H3,(H,12,13);1-4H,5,9H2. The average molecular weight is 380 g/mol. The van der Waals surface area contributed by atoms with Crippen LogP contribution < -0.4 is 11.2 Å². The third kappa shape index (κ3) is 4.19. The zero-order valence-corrected chi connectivity index (χ0v) is 14.4. The Hall–Kier alpha value is -1.62. The van der Waals surface area contributed by atoms with Crippen LogP contribution in [0.4, 0.5) is 0 Å². The Bertz CT molecular complexity index is 823. The van der Waals surface area contributed by atoms with Crippen molar-refractivity contribution in [3.05, 3.63) is 79.5 Å². The number of H-pyrrole nitrogens is 1. The first-order chi connectivity index (χ1) is 10.5. The fourth-order valence-corrected chi connectivity index (χ4v) is 2.40. The second-order valence-corrected chi connectivity index (χ2v) is 6.17. The molecule has 0 radical (unpaired) electrons. The van der Waals surface area contributed by atoms with Crippen LogP contribution in [0.2, 0.25) is 5.02 Å². The molecule has 0 aliphatic heterocycles. The third-order valence-corrected chi connectivity index (χ3v) is 3.92. The largest absolute Gasteiger partial charge is 0.361 e. The SMILES string of the molecule is Cc1c[nH]c2ccc(Br)cc2c1=O.NCc1ccc(Cl)cc1. The summed E-state index contributed by atoms with van der Waals surface area (Å²) in [6.45, 7) is 2.39. The Morgan fingerprint density at radius 1 is 1.18 bits per heavy atom. The van der Waals surface area contributed by atoms with Crippen LogP contribution in [0.25, 0.3) is 10.9 Å². The van der Waals surface area contributed by atoms with E-state index in [0.29, 0.717) is 6.54 Å². The lowest BCUT2D eigenvalue weighted by molar-refractivity contribution is 1.07. The number of halogens is 2. The number of hydrogen-bond acceptors (Lipinski definition) is 2. The Labute approximate surface area is 142 Å². The molecule has 0 spiro atoms. The molecule has 0 aliphatic rings. The lowest BCUT2D eigenvalue weighted by atomic mass is 10.2. The minimum Gasteiger partial charge on any atom is -0.361 e. The van der Waals surface area contributed by atoms with Crippen LogP contribution in [-0.4, -0.2) is 4.98 Å². The van der Waals surface area contributed by atoms with E-state index >= 15 is 0 Å². The molecule has 5 heteroatoms. The van der Waals surface area contributed by atoms with Gasteiger partial charge in [-0.05, 0) is 42.8 Å². The Kier molecular flexibility index (Phi) is 5.77. The van der Waals surface area contributed by atoms with Gasteiger partial charge in [0.05, 0.1) is 0 Å². The highest BCUT2D eigenvalue weighted by Gasteiger charge is 2.00. The monoisotopic (exact) mass is 378 g/mol. The number of fused-ring (bicyclic) bond motifs is 1. The first-order valence-electron chi connectivity index (χ1n) is 6.73. The van der Waals surface area contributed by atoms with E-state index in [2.05, 4.69) is 20.9 Å². The maximum atomic E-state index is 11.6. The molecule has 3 aromatic rings. The number of aromatic amines is 1. The molecule has 1 heterocycles. The molecule has 3 nitrogen and oxygen atoms in total. The molecule has 0 amide bonds. The van der Waals surface area contributed by atoms with Crippen molar-refractivity contribution >= 4 is 38.4 Å². The fraction of sp³-hybridized carbons (Fsp3) is 0.118. The van der Waals surface area contributed by atoms with Gasteiger partial charge in [0, 0.05) is 38.7 Å². The van der Waals surface area contributed by atoms with Crippen LogP contribution in [-0.2, 0) is 6.54 Å². The highest BCUT2D eigenvalue weighted by Crippen LogP contribution is 2.15. The van der Waals surface area contributed by atoms with E-state index in [1.807, 2.05) is 42.5 Å². The van der Waals surface area contributed by atoms with Crippen molar-refractivity contribution in [1.82, 2.24) is 4.98 Å². The molecule has 0 atom stereocenters. The predicted molar refractivity (Wildman–Crippen MR) is 96.3 cm³/mol. The molecule has 2 aromatic carbocycles. The highest BCUT2D eigenvalue weighted by molar-refractivity contribution is 9.10. The molecule has 0 bridgehead atoms. The van der Waals surface area contributed by atoms with Gasteiger partial charge < -0.3 is 10.7 Å². The van der Waals surface area contributed by atoms with Crippen molar-refractivity contribution in [2.24, 2.45) is 5.73 Å². The van der Waals surface area contributed by atoms with Crippen LogP contribution in [0.1, 0.15) is 11.1 Å². The summed E-state index contributed by atoms with van der Waals surface area (Å²) in [4.78, 5) is 14.7. The second kappa shape index (κ2) is 7.58. The number of aromatic nitrogens is 1. The van der Waals surface area contributed by atoms with Crippen molar-refractivity contribution in [3.63, 3.8) is 0 Å². The molecule has 114 valence electrons. The van der Waals surface area contributed by atoms with Crippen LogP contribution >= 0.6 is 27.5 Å². The van der Waals surface area contributed by atoms with Gasteiger partial charge in [-0.25, -0.2) is 0 Å². The third-order valence-electron chi connectivity index (χ3n) is 3.18. The summed E-state index contributed by atoms with van der Waals surface area (Å²) in [5.74, 6) is 0. The molecule has 3 rings (SSSR count). The minimum absolute atomic E-state index is 0.0926. The summed E-state index contributed by atoms with van der Waals surface area (Å²) in [5.41, 5.74) is 8.18. The van der Waals surface area contributed by atoms with Crippen LogP contribution in [0.15, 0.2) is 57.9 Å². The Morgan fingerprint density at radius 3 is 2.50 bits per heavy atom. The number of pyridine rings is 1. The quantitative estimate of drug-likeness (QED) is 0.658. The number of benzene rings is 2. The van der Waals surface area contributed by atoms with Crippen LogP contribution in [0, 0.1) is 6.92 Å². The van der Waals surface area contributed by atoms with Gasteiger partial charge in [-0.3, -0.25) is 4.79 Å². The molecule has 0 aliphatic carbocycles. The van der Waals surface area contributed by atoms with Gasteiger partial charge in [0.1, 0.15) is 0 Å². The molecule has 0 fully saturated rings. The zero-order valence-electron chi connectivity index (χ0n) is 12.1. The zero-order chi connectivity index (χ0) is 16.1. The molecule has 0 unspecified atom stereocenters.